The van der Waals surface area contributed by atoms with Crippen LogP contribution >= 0.6 is 0 Å². The summed E-state index contributed by atoms with van der Waals surface area (Å²) in [5.74, 6) is 0. The first-order chi connectivity index (χ1) is 6.58. The summed E-state index contributed by atoms with van der Waals surface area (Å²) in [6, 6.07) is 10.6. The SMILES string of the molecule is CC(C)(C)N=CC[Se]c1ccccc1. The molecule has 0 aliphatic carbocycles. The van der Waals surface area contributed by atoms with E-state index in [0.717, 1.165) is 5.32 Å². The average Bonchev–Trinajstić information content (AvgIpc) is 2.13. The molecule has 2 heteroatoms. The van der Waals surface area contributed by atoms with Crippen molar-refractivity contribution in [1.29, 1.82) is 0 Å². The number of nitrogens with zero attached hydrogens (tertiary/aromatic N) is 1. The Morgan fingerprint density at radius 2 is 1.86 bits per heavy atom. The fraction of sp³-hybridized carbons (Fsp3) is 0.417. The van der Waals surface area contributed by atoms with Gasteiger partial charge in [-0.3, -0.25) is 0 Å². The van der Waals surface area contributed by atoms with Crippen LogP contribution in [0.1, 0.15) is 20.8 Å². The zero-order chi connectivity index (χ0) is 10.4. The van der Waals surface area contributed by atoms with Crippen molar-refractivity contribution in [2.24, 2.45) is 4.99 Å². The van der Waals surface area contributed by atoms with Crippen LogP contribution in [0.15, 0.2) is 35.3 Å². The van der Waals surface area contributed by atoms with Gasteiger partial charge >= 0.3 is 92.6 Å². The Morgan fingerprint density at radius 3 is 2.43 bits per heavy atom. The predicted octanol–water partition coefficient (Wildman–Crippen LogP) is 2.30. The van der Waals surface area contributed by atoms with Crippen molar-refractivity contribution in [3.8, 4) is 0 Å². The molecule has 1 rings (SSSR count). The number of hydrogen-bond donors (Lipinski definition) is 0. The van der Waals surface area contributed by atoms with Crippen molar-refractivity contribution in [2.45, 2.75) is 31.6 Å². The molecule has 0 aliphatic rings. The Hall–Kier alpha value is -0.591. The van der Waals surface area contributed by atoms with Gasteiger partial charge in [0.1, 0.15) is 0 Å². The number of rotatable bonds is 3. The second-order valence-electron chi connectivity index (χ2n) is 4.11. The molecule has 1 aromatic rings. The van der Waals surface area contributed by atoms with Crippen LogP contribution in [0.5, 0.6) is 0 Å². The Kier molecular flexibility index (Phi) is 4.37. The van der Waals surface area contributed by atoms with Gasteiger partial charge in [-0.25, -0.2) is 0 Å². The van der Waals surface area contributed by atoms with E-state index in [0.29, 0.717) is 15.0 Å². The molecule has 0 saturated heterocycles. The van der Waals surface area contributed by atoms with E-state index in [1.165, 1.54) is 4.46 Å². The Bertz CT molecular complexity index is 285. The summed E-state index contributed by atoms with van der Waals surface area (Å²) in [7, 11) is 0. The number of hydrogen-bond acceptors (Lipinski definition) is 1. The molecule has 0 saturated carbocycles. The van der Waals surface area contributed by atoms with Crippen LogP contribution in [0.4, 0.5) is 0 Å². The quantitative estimate of drug-likeness (QED) is 0.580. The molecule has 0 aliphatic heterocycles. The summed E-state index contributed by atoms with van der Waals surface area (Å²) in [5, 5.41) is 1.09. The maximum atomic E-state index is 4.46. The second-order valence-corrected chi connectivity index (χ2v) is 6.40. The third-order valence-electron chi connectivity index (χ3n) is 1.55. The van der Waals surface area contributed by atoms with Gasteiger partial charge in [0, 0.05) is 0 Å². The standard InChI is InChI=1S/C12H17NSe/c1-12(2,3)13-9-10-14-11-7-5-4-6-8-11/h4-9H,10H2,1-3H3. The first kappa shape index (κ1) is 11.5. The monoisotopic (exact) mass is 255 g/mol. The van der Waals surface area contributed by atoms with E-state index in [1.54, 1.807) is 0 Å². The summed E-state index contributed by atoms with van der Waals surface area (Å²) in [5.41, 5.74) is 0.0762. The third kappa shape index (κ3) is 5.21. The van der Waals surface area contributed by atoms with Gasteiger partial charge in [-0.1, -0.05) is 0 Å². The zero-order valence-corrected chi connectivity index (χ0v) is 10.7. The van der Waals surface area contributed by atoms with Gasteiger partial charge in [0.15, 0.2) is 0 Å². The van der Waals surface area contributed by atoms with E-state index >= 15 is 0 Å². The van der Waals surface area contributed by atoms with Crippen LogP contribution in [0, 0.1) is 0 Å². The molecule has 0 aromatic heterocycles. The molecule has 0 unspecified atom stereocenters. The van der Waals surface area contributed by atoms with Crippen LogP contribution in [-0.4, -0.2) is 26.7 Å². The molecule has 0 amide bonds. The van der Waals surface area contributed by atoms with Crippen molar-refractivity contribution in [1.82, 2.24) is 0 Å². The maximum absolute atomic E-state index is 4.46. The third-order valence-corrected chi connectivity index (χ3v) is 3.48. The van der Waals surface area contributed by atoms with Crippen molar-refractivity contribution < 1.29 is 0 Å². The molecule has 14 heavy (non-hydrogen) atoms. The van der Waals surface area contributed by atoms with E-state index in [1.807, 2.05) is 0 Å². The first-order valence-corrected chi connectivity index (χ1v) is 6.86. The normalized spacial score (nSPS) is 12.2. The summed E-state index contributed by atoms with van der Waals surface area (Å²) < 4.78 is 1.44. The molecule has 0 spiro atoms. The molecule has 76 valence electrons. The van der Waals surface area contributed by atoms with Crippen LogP contribution in [0.3, 0.4) is 0 Å². The van der Waals surface area contributed by atoms with E-state index in [4.69, 9.17) is 0 Å². The van der Waals surface area contributed by atoms with Gasteiger partial charge < -0.3 is 0 Å². The molecule has 1 nitrogen and oxygen atoms in total. The average molecular weight is 254 g/mol. The van der Waals surface area contributed by atoms with Crippen molar-refractivity contribution in [2.75, 3.05) is 0 Å². The minimum atomic E-state index is 0.0762. The number of benzene rings is 1. The van der Waals surface area contributed by atoms with Gasteiger partial charge in [0.05, 0.1) is 0 Å². The summed E-state index contributed by atoms with van der Waals surface area (Å²) in [6.45, 7) is 6.37. The van der Waals surface area contributed by atoms with Crippen LogP contribution < -0.4 is 4.46 Å². The van der Waals surface area contributed by atoms with E-state index in [2.05, 4.69) is 62.3 Å². The number of aliphatic imine (C=N–C) groups is 1. The van der Waals surface area contributed by atoms with Gasteiger partial charge in [-0.15, -0.1) is 0 Å². The Labute approximate surface area is 92.8 Å². The molecule has 1 aromatic carbocycles. The van der Waals surface area contributed by atoms with Crippen LogP contribution in [0.2, 0.25) is 5.32 Å². The van der Waals surface area contributed by atoms with Crippen molar-refractivity contribution in [3.05, 3.63) is 30.3 Å². The van der Waals surface area contributed by atoms with Crippen molar-refractivity contribution in [3.63, 3.8) is 0 Å². The fourth-order valence-corrected chi connectivity index (χ4v) is 2.41. The van der Waals surface area contributed by atoms with Crippen LogP contribution in [0.25, 0.3) is 0 Å². The summed E-state index contributed by atoms with van der Waals surface area (Å²) >= 11 is 0.538. The molecule has 0 atom stereocenters. The van der Waals surface area contributed by atoms with Crippen LogP contribution in [-0.2, 0) is 0 Å². The minimum absolute atomic E-state index is 0.0762. The van der Waals surface area contributed by atoms with E-state index in [-0.39, 0.29) is 5.54 Å². The molecule has 0 fully saturated rings. The van der Waals surface area contributed by atoms with E-state index < -0.39 is 0 Å². The second kappa shape index (κ2) is 5.33. The molecule has 0 heterocycles. The topological polar surface area (TPSA) is 12.4 Å². The first-order valence-electron chi connectivity index (χ1n) is 4.79. The van der Waals surface area contributed by atoms with Gasteiger partial charge in [0.25, 0.3) is 0 Å². The molecule has 0 radical (unpaired) electrons. The van der Waals surface area contributed by atoms with Gasteiger partial charge in [-0.05, 0) is 0 Å². The molecular weight excluding hydrogens is 237 g/mol. The van der Waals surface area contributed by atoms with Gasteiger partial charge in [-0.2, -0.15) is 0 Å². The summed E-state index contributed by atoms with van der Waals surface area (Å²) in [6.07, 6.45) is 2.06. The van der Waals surface area contributed by atoms with Gasteiger partial charge in [0.2, 0.25) is 0 Å². The molecule has 0 N–H and O–H groups in total. The Morgan fingerprint density at radius 1 is 1.21 bits per heavy atom. The molecular formula is C12H17NSe. The van der Waals surface area contributed by atoms with Crippen molar-refractivity contribution >= 4 is 25.6 Å². The Balaban J connectivity index is 2.33. The fourth-order valence-electron chi connectivity index (χ4n) is 0.961. The zero-order valence-electron chi connectivity index (χ0n) is 9.03. The van der Waals surface area contributed by atoms with E-state index in [9.17, 15) is 0 Å². The predicted molar refractivity (Wildman–Crippen MR) is 64.9 cm³/mol. The molecule has 0 bridgehead atoms. The summed E-state index contributed by atoms with van der Waals surface area (Å²) in [4.78, 5) is 4.46.